The van der Waals surface area contributed by atoms with Gasteiger partial charge in [-0.2, -0.15) is 0 Å². The second-order valence-electron chi connectivity index (χ2n) is 4.54. The number of aromatic nitrogens is 2. The average Bonchev–Trinajstić information content (AvgIpc) is 2.97. The Kier molecular flexibility index (Phi) is 5.02. The molecule has 0 radical (unpaired) electrons. The fourth-order valence-electron chi connectivity index (χ4n) is 2.19. The Hall–Kier alpha value is -0.840. The van der Waals surface area contributed by atoms with Gasteiger partial charge in [-0.25, -0.2) is 4.98 Å². The lowest BCUT2D eigenvalue weighted by Gasteiger charge is -2.17. The number of halogens is 1. The lowest BCUT2D eigenvalue weighted by atomic mass is 10.1. The summed E-state index contributed by atoms with van der Waals surface area (Å²) in [7, 11) is 0. The molecule has 2 aromatic heterocycles. The fraction of sp³-hybridized carbons (Fsp3) is 0.500. The summed E-state index contributed by atoms with van der Waals surface area (Å²) in [6.45, 7) is 8.18. The van der Waals surface area contributed by atoms with Crippen LogP contribution >= 0.6 is 22.9 Å². The zero-order valence-corrected chi connectivity index (χ0v) is 13.2. The average molecular weight is 298 g/mol. The minimum Gasteiger partial charge on any atom is -0.335 e. The molecular formula is C14H20ClN3S. The normalized spacial score (nSPS) is 12.8. The van der Waals surface area contributed by atoms with Crippen LogP contribution in [0.5, 0.6) is 0 Å². The van der Waals surface area contributed by atoms with Gasteiger partial charge in [0.25, 0.3) is 0 Å². The van der Waals surface area contributed by atoms with Crippen molar-refractivity contribution in [3.8, 4) is 0 Å². The molecular weight excluding hydrogens is 278 g/mol. The molecule has 5 heteroatoms. The molecule has 0 spiro atoms. The molecule has 104 valence electrons. The van der Waals surface area contributed by atoms with Gasteiger partial charge in [0.1, 0.15) is 5.82 Å². The van der Waals surface area contributed by atoms with Gasteiger partial charge in [-0.1, -0.05) is 18.5 Å². The van der Waals surface area contributed by atoms with Crippen LogP contribution in [0.15, 0.2) is 17.8 Å². The summed E-state index contributed by atoms with van der Waals surface area (Å²) >= 11 is 8.12. The zero-order valence-electron chi connectivity index (χ0n) is 11.6. The number of imidazole rings is 1. The molecule has 1 unspecified atom stereocenters. The topological polar surface area (TPSA) is 29.9 Å². The number of likely N-dealkylation sites (N-methyl/N-ethyl adjacent to an activating group) is 1. The van der Waals surface area contributed by atoms with Gasteiger partial charge in [0, 0.05) is 30.2 Å². The van der Waals surface area contributed by atoms with Gasteiger partial charge in [-0.15, -0.1) is 11.3 Å². The first-order valence-corrected chi connectivity index (χ1v) is 7.90. The Morgan fingerprint density at radius 2 is 2.26 bits per heavy atom. The van der Waals surface area contributed by atoms with Crippen LogP contribution in [-0.2, 0) is 13.0 Å². The van der Waals surface area contributed by atoms with E-state index in [1.165, 1.54) is 4.88 Å². The quantitative estimate of drug-likeness (QED) is 0.878. The number of thiophene rings is 1. The standard InChI is InChI=1S/C14H20ClN3S/c1-4-16-11(14-13(15)10(3)9-19-14)8-12-17-6-7-18(12)5-2/h6-7,9,11,16H,4-5,8H2,1-3H3. The van der Waals surface area contributed by atoms with Crippen LogP contribution in [0.25, 0.3) is 0 Å². The predicted octanol–water partition coefficient (Wildman–Crippen LogP) is 3.82. The van der Waals surface area contributed by atoms with E-state index in [0.717, 1.165) is 35.9 Å². The first-order valence-electron chi connectivity index (χ1n) is 6.64. The van der Waals surface area contributed by atoms with Crippen LogP contribution in [0.1, 0.15) is 36.2 Å². The van der Waals surface area contributed by atoms with Crippen molar-refractivity contribution < 1.29 is 0 Å². The summed E-state index contributed by atoms with van der Waals surface area (Å²) in [6, 6.07) is 0.240. The van der Waals surface area contributed by atoms with Crippen molar-refractivity contribution in [3.63, 3.8) is 0 Å². The number of nitrogens with one attached hydrogen (secondary N) is 1. The van der Waals surface area contributed by atoms with Crippen molar-refractivity contribution in [1.29, 1.82) is 0 Å². The molecule has 0 fully saturated rings. The molecule has 0 aliphatic carbocycles. The van der Waals surface area contributed by atoms with E-state index >= 15 is 0 Å². The highest BCUT2D eigenvalue weighted by Gasteiger charge is 2.19. The Morgan fingerprint density at radius 1 is 1.47 bits per heavy atom. The first kappa shape index (κ1) is 14.6. The second kappa shape index (κ2) is 6.55. The molecule has 2 aromatic rings. The van der Waals surface area contributed by atoms with Crippen LogP contribution in [0, 0.1) is 6.92 Å². The smallest absolute Gasteiger partial charge is 0.110 e. The van der Waals surface area contributed by atoms with E-state index in [1.807, 2.05) is 12.4 Å². The number of hydrogen-bond donors (Lipinski definition) is 1. The van der Waals surface area contributed by atoms with Crippen molar-refractivity contribution >= 4 is 22.9 Å². The van der Waals surface area contributed by atoms with Gasteiger partial charge in [-0.05, 0) is 31.3 Å². The highest BCUT2D eigenvalue weighted by molar-refractivity contribution is 7.10. The maximum Gasteiger partial charge on any atom is 0.110 e. The SMILES string of the molecule is CCNC(Cc1nccn1CC)c1scc(C)c1Cl. The number of hydrogen-bond acceptors (Lipinski definition) is 3. The molecule has 3 nitrogen and oxygen atoms in total. The van der Waals surface area contributed by atoms with Crippen molar-refractivity contribution in [2.75, 3.05) is 6.54 Å². The summed E-state index contributed by atoms with van der Waals surface area (Å²) in [5.41, 5.74) is 1.16. The van der Waals surface area contributed by atoms with E-state index in [0.29, 0.717) is 0 Å². The second-order valence-corrected chi connectivity index (χ2v) is 5.83. The largest absolute Gasteiger partial charge is 0.335 e. The van der Waals surface area contributed by atoms with E-state index in [-0.39, 0.29) is 6.04 Å². The molecule has 2 heterocycles. The molecule has 0 saturated carbocycles. The molecule has 2 rings (SSSR count). The lowest BCUT2D eigenvalue weighted by Crippen LogP contribution is -2.23. The summed E-state index contributed by atoms with van der Waals surface area (Å²) in [4.78, 5) is 5.67. The summed E-state index contributed by atoms with van der Waals surface area (Å²) in [5, 5.41) is 6.53. The van der Waals surface area contributed by atoms with Gasteiger partial charge in [0.2, 0.25) is 0 Å². The Balaban J connectivity index is 2.23. The summed E-state index contributed by atoms with van der Waals surface area (Å²) < 4.78 is 2.18. The van der Waals surface area contributed by atoms with Crippen molar-refractivity contribution in [3.05, 3.63) is 39.1 Å². The van der Waals surface area contributed by atoms with Crippen LogP contribution < -0.4 is 5.32 Å². The maximum atomic E-state index is 6.40. The molecule has 19 heavy (non-hydrogen) atoms. The summed E-state index contributed by atoms with van der Waals surface area (Å²) in [6.07, 6.45) is 4.76. The van der Waals surface area contributed by atoms with Gasteiger partial charge >= 0.3 is 0 Å². The van der Waals surface area contributed by atoms with E-state index < -0.39 is 0 Å². The van der Waals surface area contributed by atoms with Crippen LogP contribution in [0.3, 0.4) is 0 Å². The van der Waals surface area contributed by atoms with E-state index in [9.17, 15) is 0 Å². The monoisotopic (exact) mass is 297 g/mol. The minimum absolute atomic E-state index is 0.240. The molecule has 0 aliphatic rings. The molecule has 0 bridgehead atoms. The van der Waals surface area contributed by atoms with Gasteiger partial charge < -0.3 is 9.88 Å². The first-order chi connectivity index (χ1) is 9.17. The highest BCUT2D eigenvalue weighted by atomic mass is 35.5. The molecule has 0 aliphatic heterocycles. The third-order valence-electron chi connectivity index (χ3n) is 3.22. The molecule has 0 saturated heterocycles. The third-order valence-corrected chi connectivity index (χ3v) is 5.05. The lowest BCUT2D eigenvalue weighted by molar-refractivity contribution is 0.529. The van der Waals surface area contributed by atoms with Crippen molar-refractivity contribution in [2.45, 2.75) is 39.8 Å². The van der Waals surface area contributed by atoms with Gasteiger partial charge in [0.15, 0.2) is 0 Å². The number of nitrogens with zero attached hydrogens (tertiary/aromatic N) is 2. The number of aryl methyl sites for hydroxylation is 2. The highest BCUT2D eigenvalue weighted by Crippen LogP contribution is 2.33. The van der Waals surface area contributed by atoms with Crippen LogP contribution in [0.2, 0.25) is 5.02 Å². The van der Waals surface area contributed by atoms with E-state index in [1.54, 1.807) is 11.3 Å². The van der Waals surface area contributed by atoms with E-state index in [4.69, 9.17) is 11.6 Å². The molecule has 0 amide bonds. The van der Waals surface area contributed by atoms with E-state index in [2.05, 4.69) is 41.0 Å². The van der Waals surface area contributed by atoms with Crippen molar-refractivity contribution in [2.24, 2.45) is 0 Å². The summed E-state index contributed by atoms with van der Waals surface area (Å²) in [5.74, 6) is 1.11. The predicted molar refractivity (Wildman–Crippen MR) is 82.1 cm³/mol. The molecule has 0 aromatic carbocycles. The fourth-order valence-corrected chi connectivity index (χ4v) is 3.59. The van der Waals surface area contributed by atoms with Gasteiger partial charge in [0.05, 0.1) is 11.1 Å². The minimum atomic E-state index is 0.240. The zero-order chi connectivity index (χ0) is 13.8. The van der Waals surface area contributed by atoms with Gasteiger partial charge in [-0.3, -0.25) is 0 Å². The molecule has 1 atom stereocenters. The van der Waals surface area contributed by atoms with Crippen molar-refractivity contribution in [1.82, 2.24) is 14.9 Å². The number of rotatable bonds is 6. The van der Waals surface area contributed by atoms with Crippen LogP contribution in [0.4, 0.5) is 0 Å². The third kappa shape index (κ3) is 3.19. The maximum absolute atomic E-state index is 6.40. The Bertz CT molecular complexity index is 533. The Labute approximate surface area is 123 Å². The van der Waals surface area contributed by atoms with Crippen LogP contribution in [-0.4, -0.2) is 16.1 Å². The Morgan fingerprint density at radius 3 is 2.84 bits per heavy atom. The molecule has 1 N–H and O–H groups in total.